The van der Waals surface area contributed by atoms with Crippen LogP contribution in [0.4, 0.5) is 0 Å². The van der Waals surface area contributed by atoms with Gasteiger partial charge in [0.2, 0.25) is 11.7 Å². The van der Waals surface area contributed by atoms with E-state index in [0.29, 0.717) is 28.4 Å². The van der Waals surface area contributed by atoms with Crippen LogP contribution in [0.5, 0.6) is 0 Å². The van der Waals surface area contributed by atoms with Crippen molar-refractivity contribution in [3.05, 3.63) is 63.9 Å². The van der Waals surface area contributed by atoms with Crippen LogP contribution in [-0.4, -0.2) is 49.3 Å². The summed E-state index contributed by atoms with van der Waals surface area (Å²) in [5.41, 5.74) is 3.32. The van der Waals surface area contributed by atoms with Crippen molar-refractivity contribution in [2.75, 3.05) is 19.3 Å². The zero-order valence-electron chi connectivity index (χ0n) is 18.1. The Hall–Kier alpha value is -3.64. The quantitative estimate of drug-likeness (QED) is 0.422. The van der Waals surface area contributed by atoms with Gasteiger partial charge in [0.25, 0.3) is 5.56 Å². The van der Waals surface area contributed by atoms with Crippen LogP contribution < -0.4 is 5.56 Å². The Morgan fingerprint density at radius 2 is 1.97 bits per heavy atom. The molecule has 4 aromatic rings. The molecule has 0 aliphatic carbocycles. The van der Waals surface area contributed by atoms with Crippen LogP contribution in [0.25, 0.3) is 22.4 Å². The van der Waals surface area contributed by atoms with Crippen molar-refractivity contribution in [3.8, 4) is 11.8 Å². The van der Waals surface area contributed by atoms with Crippen LogP contribution in [-0.2, 0) is 4.79 Å². The number of carbonyl (C=O) groups excluding carboxylic acids is 1. The van der Waals surface area contributed by atoms with E-state index in [1.54, 1.807) is 17.7 Å². The highest BCUT2D eigenvalue weighted by molar-refractivity contribution is 7.99. The number of aromatic nitrogens is 4. The second-order valence-electron chi connectivity index (χ2n) is 7.58. The standard InChI is InChI=1S/C23H22N6O2S/c1-15-9-10-18(16(2)13-15)28-21(31)17-7-4-5-8-19(17)29-22(28)25-26-23(29)32-14-20(30)27(3)12-6-11-24/h4-5,7-10,13H,6,12,14H2,1-3H3. The average molecular weight is 447 g/mol. The monoisotopic (exact) mass is 446 g/mol. The van der Waals surface area contributed by atoms with Crippen molar-refractivity contribution in [3.63, 3.8) is 0 Å². The van der Waals surface area contributed by atoms with Gasteiger partial charge >= 0.3 is 0 Å². The summed E-state index contributed by atoms with van der Waals surface area (Å²) in [5.74, 6) is 0.446. The summed E-state index contributed by atoms with van der Waals surface area (Å²) < 4.78 is 3.40. The molecule has 162 valence electrons. The third-order valence-electron chi connectivity index (χ3n) is 5.30. The van der Waals surface area contributed by atoms with E-state index < -0.39 is 0 Å². The molecule has 0 N–H and O–H groups in total. The number of benzene rings is 2. The lowest BCUT2D eigenvalue weighted by Gasteiger charge is -2.15. The van der Waals surface area contributed by atoms with E-state index in [0.717, 1.165) is 16.8 Å². The van der Waals surface area contributed by atoms with Crippen LogP contribution >= 0.6 is 11.8 Å². The summed E-state index contributed by atoms with van der Waals surface area (Å²) in [6.07, 6.45) is 0.285. The maximum absolute atomic E-state index is 13.4. The second kappa shape index (κ2) is 8.85. The topological polar surface area (TPSA) is 96.3 Å². The van der Waals surface area contributed by atoms with Crippen molar-refractivity contribution < 1.29 is 4.79 Å². The Kier molecular flexibility index (Phi) is 5.97. The minimum absolute atomic E-state index is 0.103. The number of hydrogen-bond acceptors (Lipinski definition) is 6. The largest absolute Gasteiger partial charge is 0.344 e. The van der Waals surface area contributed by atoms with Crippen LogP contribution in [0.1, 0.15) is 17.5 Å². The molecule has 0 bridgehead atoms. The SMILES string of the molecule is Cc1ccc(-n2c(=O)c3ccccc3n3c(SCC(=O)N(C)CCC#N)nnc23)c(C)c1. The fraction of sp³-hybridized carbons (Fsp3) is 0.261. The molecule has 0 aliphatic rings. The molecule has 0 saturated carbocycles. The van der Waals surface area contributed by atoms with E-state index in [9.17, 15) is 9.59 Å². The predicted octanol–water partition coefficient (Wildman–Crippen LogP) is 3.11. The summed E-state index contributed by atoms with van der Waals surface area (Å²) >= 11 is 1.26. The lowest BCUT2D eigenvalue weighted by molar-refractivity contribution is -0.127. The third-order valence-corrected chi connectivity index (χ3v) is 6.21. The number of para-hydroxylation sites is 1. The van der Waals surface area contributed by atoms with E-state index in [1.807, 2.05) is 60.7 Å². The van der Waals surface area contributed by atoms with Crippen molar-refractivity contribution in [2.24, 2.45) is 0 Å². The molecular formula is C23H22N6O2S. The Bertz CT molecular complexity index is 1430. The lowest BCUT2D eigenvalue weighted by Crippen LogP contribution is -2.29. The van der Waals surface area contributed by atoms with Gasteiger partial charge in [-0.15, -0.1) is 10.2 Å². The van der Waals surface area contributed by atoms with Gasteiger partial charge in [0, 0.05) is 13.6 Å². The average Bonchev–Trinajstić information content (AvgIpc) is 3.21. The van der Waals surface area contributed by atoms with E-state index in [4.69, 9.17) is 5.26 Å². The second-order valence-corrected chi connectivity index (χ2v) is 8.52. The van der Waals surface area contributed by atoms with Crippen molar-refractivity contribution in [1.82, 2.24) is 24.1 Å². The Labute approximate surface area is 189 Å². The zero-order chi connectivity index (χ0) is 22.8. The number of nitriles is 1. The van der Waals surface area contributed by atoms with E-state index in [1.165, 1.54) is 16.7 Å². The molecule has 8 nitrogen and oxygen atoms in total. The van der Waals surface area contributed by atoms with Gasteiger partial charge in [-0.3, -0.25) is 14.0 Å². The number of fused-ring (bicyclic) bond motifs is 3. The highest BCUT2D eigenvalue weighted by Crippen LogP contribution is 2.24. The molecule has 0 spiro atoms. The minimum atomic E-state index is -0.170. The van der Waals surface area contributed by atoms with Gasteiger partial charge in [0.05, 0.1) is 34.8 Å². The van der Waals surface area contributed by atoms with Gasteiger partial charge in [0.1, 0.15) is 0 Å². The number of carbonyl (C=O) groups is 1. The first-order valence-corrected chi connectivity index (χ1v) is 11.1. The van der Waals surface area contributed by atoms with E-state index in [-0.39, 0.29) is 23.6 Å². The Balaban J connectivity index is 1.84. The normalized spacial score (nSPS) is 11.1. The minimum Gasteiger partial charge on any atom is -0.344 e. The molecule has 0 aliphatic heterocycles. The molecule has 4 rings (SSSR count). The number of nitrogens with zero attached hydrogens (tertiary/aromatic N) is 6. The molecule has 0 atom stereocenters. The molecular weight excluding hydrogens is 424 g/mol. The fourth-order valence-corrected chi connectivity index (χ4v) is 4.51. The van der Waals surface area contributed by atoms with E-state index in [2.05, 4.69) is 10.2 Å². The van der Waals surface area contributed by atoms with Crippen LogP contribution in [0.2, 0.25) is 0 Å². The number of hydrogen-bond donors (Lipinski definition) is 0. The molecule has 0 radical (unpaired) electrons. The zero-order valence-corrected chi connectivity index (χ0v) is 18.9. The molecule has 32 heavy (non-hydrogen) atoms. The molecule has 9 heteroatoms. The number of aryl methyl sites for hydroxylation is 2. The number of thioether (sulfide) groups is 1. The van der Waals surface area contributed by atoms with Crippen molar-refractivity contribution in [2.45, 2.75) is 25.4 Å². The molecule has 2 aromatic carbocycles. The molecule has 0 fully saturated rings. The Morgan fingerprint density at radius 3 is 2.72 bits per heavy atom. The van der Waals surface area contributed by atoms with Gasteiger partial charge in [-0.1, -0.05) is 41.6 Å². The maximum atomic E-state index is 13.4. The number of amides is 1. The summed E-state index contributed by atoms with van der Waals surface area (Å²) in [7, 11) is 1.68. The first-order valence-electron chi connectivity index (χ1n) is 10.1. The highest BCUT2D eigenvalue weighted by atomic mass is 32.2. The highest BCUT2D eigenvalue weighted by Gasteiger charge is 2.20. The van der Waals surface area contributed by atoms with Gasteiger partial charge in [-0.25, -0.2) is 4.57 Å². The summed E-state index contributed by atoms with van der Waals surface area (Å²) in [4.78, 5) is 27.4. The van der Waals surface area contributed by atoms with Gasteiger partial charge < -0.3 is 4.90 Å². The van der Waals surface area contributed by atoms with Crippen LogP contribution in [0.15, 0.2) is 52.4 Å². The summed E-state index contributed by atoms with van der Waals surface area (Å²) in [5, 5.41) is 18.4. The van der Waals surface area contributed by atoms with Gasteiger partial charge in [-0.2, -0.15) is 5.26 Å². The maximum Gasteiger partial charge on any atom is 0.267 e. The Morgan fingerprint density at radius 1 is 1.19 bits per heavy atom. The van der Waals surface area contributed by atoms with Gasteiger partial charge in [-0.05, 0) is 37.6 Å². The van der Waals surface area contributed by atoms with E-state index >= 15 is 0 Å². The van der Waals surface area contributed by atoms with Crippen molar-refractivity contribution in [1.29, 1.82) is 5.26 Å². The first-order chi connectivity index (χ1) is 15.4. The first kappa shape index (κ1) is 21.6. The van der Waals surface area contributed by atoms with Crippen LogP contribution in [0.3, 0.4) is 0 Å². The molecule has 2 heterocycles. The van der Waals surface area contributed by atoms with Gasteiger partial charge in [0.15, 0.2) is 5.16 Å². The predicted molar refractivity (Wildman–Crippen MR) is 124 cm³/mol. The van der Waals surface area contributed by atoms with Crippen molar-refractivity contribution >= 4 is 34.3 Å². The molecule has 0 saturated heterocycles. The smallest absolute Gasteiger partial charge is 0.267 e. The summed E-state index contributed by atoms with van der Waals surface area (Å²) in [6.45, 7) is 4.35. The third kappa shape index (κ3) is 3.85. The van der Waals surface area contributed by atoms with Crippen LogP contribution in [0, 0.1) is 25.2 Å². The molecule has 1 amide bonds. The lowest BCUT2D eigenvalue weighted by atomic mass is 10.1. The molecule has 0 unspecified atom stereocenters. The fourth-order valence-electron chi connectivity index (χ4n) is 3.62. The number of rotatable bonds is 6. The molecule has 2 aromatic heterocycles. The summed E-state index contributed by atoms with van der Waals surface area (Å²) in [6, 6.07) is 15.3.